The molecule has 3 N–H and O–H groups in total. The van der Waals surface area contributed by atoms with E-state index in [1.807, 2.05) is 0 Å². The van der Waals surface area contributed by atoms with Crippen molar-refractivity contribution in [2.24, 2.45) is 0 Å². The Morgan fingerprint density at radius 3 is 2.86 bits per heavy atom. The van der Waals surface area contributed by atoms with E-state index in [1.54, 1.807) is 12.1 Å². The van der Waals surface area contributed by atoms with Crippen LogP contribution in [0.25, 0.3) is 0 Å². The maximum absolute atomic E-state index is 11.3. The highest BCUT2D eigenvalue weighted by Gasteiger charge is 2.21. The van der Waals surface area contributed by atoms with Crippen molar-refractivity contribution in [1.82, 2.24) is 5.32 Å². The normalized spacial score (nSPS) is 13.9. The number of para-hydroxylation sites is 1. The molecule has 0 saturated carbocycles. The lowest BCUT2D eigenvalue weighted by Crippen LogP contribution is -2.35. The molecule has 1 aromatic rings. The number of carboxylic acids is 1. The highest BCUT2D eigenvalue weighted by atomic mass is 16.4. The standard InChI is InChI=1S/C9H8N2O3/c12-8-5-2-1-3-6(9(13)14)7(5)10-4-11-8/h1-3,10H,4H2,(H,11,12)(H,13,14). The van der Waals surface area contributed by atoms with Crippen LogP contribution in [0.1, 0.15) is 20.7 Å². The molecule has 0 saturated heterocycles. The Bertz CT molecular complexity index is 400. The molecule has 1 aliphatic heterocycles. The summed E-state index contributed by atoms with van der Waals surface area (Å²) in [5.41, 5.74) is 0.886. The van der Waals surface area contributed by atoms with E-state index in [2.05, 4.69) is 10.6 Å². The van der Waals surface area contributed by atoms with Crippen molar-refractivity contribution in [2.45, 2.75) is 0 Å². The number of carboxylic acid groups (broad SMARTS) is 1. The van der Waals surface area contributed by atoms with Gasteiger partial charge in [0, 0.05) is 0 Å². The molecular weight excluding hydrogens is 184 g/mol. The van der Waals surface area contributed by atoms with E-state index in [1.165, 1.54) is 6.07 Å². The Kier molecular flexibility index (Phi) is 1.85. The number of rotatable bonds is 1. The summed E-state index contributed by atoms with van der Waals surface area (Å²) in [6.45, 7) is 0.260. The number of fused-ring (bicyclic) bond motifs is 1. The summed E-state index contributed by atoms with van der Waals surface area (Å²) in [7, 11) is 0. The van der Waals surface area contributed by atoms with Gasteiger partial charge in [0.05, 0.1) is 23.5 Å². The number of aromatic carboxylic acids is 1. The van der Waals surface area contributed by atoms with Gasteiger partial charge in [0.25, 0.3) is 5.91 Å². The van der Waals surface area contributed by atoms with Crippen LogP contribution in [0.3, 0.4) is 0 Å². The Morgan fingerprint density at radius 2 is 2.14 bits per heavy atom. The van der Waals surface area contributed by atoms with Crippen LogP contribution in [-0.4, -0.2) is 23.7 Å². The molecule has 0 aromatic heterocycles. The second kappa shape index (κ2) is 3.02. The topological polar surface area (TPSA) is 78.4 Å². The van der Waals surface area contributed by atoms with E-state index in [4.69, 9.17) is 5.11 Å². The van der Waals surface area contributed by atoms with Gasteiger partial charge >= 0.3 is 5.97 Å². The summed E-state index contributed by atoms with van der Waals surface area (Å²) < 4.78 is 0. The number of benzene rings is 1. The lowest BCUT2D eigenvalue weighted by Gasteiger charge is -2.19. The van der Waals surface area contributed by atoms with Crippen molar-refractivity contribution >= 4 is 17.6 Å². The fourth-order valence-corrected chi connectivity index (χ4v) is 1.42. The number of anilines is 1. The summed E-state index contributed by atoms with van der Waals surface area (Å²) >= 11 is 0. The van der Waals surface area contributed by atoms with Gasteiger partial charge in [-0.05, 0) is 12.1 Å². The second-order valence-corrected chi connectivity index (χ2v) is 2.89. The molecule has 5 heteroatoms. The fraction of sp³-hybridized carbons (Fsp3) is 0.111. The van der Waals surface area contributed by atoms with Gasteiger partial charge in [0.15, 0.2) is 0 Å². The van der Waals surface area contributed by atoms with Crippen LogP contribution in [0.2, 0.25) is 0 Å². The Morgan fingerprint density at radius 1 is 1.36 bits per heavy atom. The first-order valence-electron chi connectivity index (χ1n) is 4.08. The predicted octanol–water partition coefficient (Wildman–Crippen LogP) is 0.498. The molecule has 0 atom stereocenters. The van der Waals surface area contributed by atoms with Crippen LogP contribution in [0.15, 0.2) is 18.2 Å². The average Bonchev–Trinajstić information content (AvgIpc) is 2.17. The van der Waals surface area contributed by atoms with Crippen molar-refractivity contribution in [3.8, 4) is 0 Å². The molecule has 1 amide bonds. The molecule has 0 spiro atoms. The molecule has 2 rings (SSSR count). The van der Waals surface area contributed by atoms with Crippen molar-refractivity contribution in [3.63, 3.8) is 0 Å². The van der Waals surface area contributed by atoms with Crippen molar-refractivity contribution in [1.29, 1.82) is 0 Å². The minimum Gasteiger partial charge on any atom is -0.478 e. The van der Waals surface area contributed by atoms with Crippen molar-refractivity contribution < 1.29 is 14.7 Å². The maximum atomic E-state index is 11.3. The number of carbonyl (C=O) groups is 2. The van der Waals surface area contributed by atoms with Gasteiger partial charge in [0.1, 0.15) is 0 Å². The molecule has 5 nitrogen and oxygen atoms in total. The smallest absolute Gasteiger partial charge is 0.337 e. The van der Waals surface area contributed by atoms with Gasteiger partial charge in [-0.3, -0.25) is 4.79 Å². The Balaban J connectivity index is 2.60. The van der Waals surface area contributed by atoms with Gasteiger partial charge in [-0.15, -0.1) is 0 Å². The van der Waals surface area contributed by atoms with E-state index in [-0.39, 0.29) is 18.1 Å². The molecule has 1 aromatic carbocycles. The lowest BCUT2D eigenvalue weighted by molar-refractivity contribution is 0.0698. The molecule has 72 valence electrons. The number of hydrogen-bond donors (Lipinski definition) is 3. The average molecular weight is 192 g/mol. The Labute approximate surface area is 79.7 Å². The summed E-state index contributed by atoms with van der Waals surface area (Å²) in [4.78, 5) is 22.1. The number of hydrogen-bond acceptors (Lipinski definition) is 3. The third-order valence-corrected chi connectivity index (χ3v) is 2.05. The zero-order valence-corrected chi connectivity index (χ0v) is 7.20. The molecule has 0 radical (unpaired) electrons. The third-order valence-electron chi connectivity index (χ3n) is 2.05. The molecule has 0 bridgehead atoms. The summed E-state index contributed by atoms with van der Waals surface area (Å²) in [6.07, 6.45) is 0. The molecule has 1 aliphatic rings. The summed E-state index contributed by atoms with van der Waals surface area (Å²) in [5.74, 6) is -1.29. The van der Waals surface area contributed by atoms with Crippen molar-refractivity contribution in [2.75, 3.05) is 12.0 Å². The summed E-state index contributed by atoms with van der Waals surface area (Å²) in [5, 5.41) is 14.2. The zero-order chi connectivity index (χ0) is 10.1. The monoisotopic (exact) mass is 192 g/mol. The highest BCUT2D eigenvalue weighted by Crippen LogP contribution is 2.22. The third kappa shape index (κ3) is 1.19. The SMILES string of the molecule is O=C(O)c1cccc2c1NCNC2=O. The zero-order valence-electron chi connectivity index (χ0n) is 7.20. The minimum atomic E-state index is -1.04. The molecule has 1 heterocycles. The largest absolute Gasteiger partial charge is 0.478 e. The van der Waals surface area contributed by atoms with Crippen LogP contribution in [0.5, 0.6) is 0 Å². The van der Waals surface area contributed by atoms with Gasteiger partial charge < -0.3 is 15.7 Å². The van der Waals surface area contributed by atoms with Crippen LogP contribution in [0, 0.1) is 0 Å². The summed E-state index contributed by atoms with van der Waals surface area (Å²) in [6, 6.07) is 4.60. The first kappa shape index (κ1) is 8.55. The first-order chi connectivity index (χ1) is 6.70. The number of carbonyl (C=O) groups excluding carboxylic acids is 1. The van der Waals surface area contributed by atoms with Gasteiger partial charge in [0.2, 0.25) is 0 Å². The van der Waals surface area contributed by atoms with Gasteiger partial charge in [-0.2, -0.15) is 0 Å². The van der Waals surface area contributed by atoms with Gasteiger partial charge in [-0.1, -0.05) is 6.07 Å². The van der Waals surface area contributed by atoms with Crippen LogP contribution in [-0.2, 0) is 0 Å². The first-order valence-corrected chi connectivity index (χ1v) is 4.08. The number of amides is 1. The van der Waals surface area contributed by atoms with E-state index < -0.39 is 5.97 Å². The number of nitrogens with one attached hydrogen (secondary N) is 2. The quantitative estimate of drug-likeness (QED) is 0.605. The molecule has 0 fully saturated rings. The van der Waals surface area contributed by atoms with Gasteiger partial charge in [-0.25, -0.2) is 4.79 Å². The van der Waals surface area contributed by atoms with Crippen LogP contribution < -0.4 is 10.6 Å². The molecule has 0 unspecified atom stereocenters. The van der Waals surface area contributed by atoms with E-state index >= 15 is 0 Å². The van der Waals surface area contributed by atoms with E-state index in [0.717, 1.165) is 0 Å². The molecule has 0 aliphatic carbocycles. The molecule has 14 heavy (non-hydrogen) atoms. The predicted molar refractivity (Wildman–Crippen MR) is 49.4 cm³/mol. The van der Waals surface area contributed by atoms with Crippen molar-refractivity contribution in [3.05, 3.63) is 29.3 Å². The minimum absolute atomic E-state index is 0.123. The highest BCUT2D eigenvalue weighted by molar-refractivity contribution is 6.07. The Hall–Kier alpha value is -2.04. The van der Waals surface area contributed by atoms with Crippen LogP contribution in [0.4, 0.5) is 5.69 Å². The fourth-order valence-electron chi connectivity index (χ4n) is 1.42. The van der Waals surface area contributed by atoms with E-state index in [0.29, 0.717) is 11.3 Å². The second-order valence-electron chi connectivity index (χ2n) is 2.89. The maximum Gasteiger partial charge on any atom is 0.337 e. The van der Waals surface area contributed by atoms with E-state index in [9.17, 15) is 9.59 Å². The molecular formula is C9H8N2O3. The lowest BCUT2D eigenvalue weighted by atomic mass is 10.1. The van der Waals surface area contributed by atoms with Crippen LogP contribution >= 0.6 is 0 Å².